The largest absolute Gasteiger partial charge is 0.438 e. The number of aromatic nitrogens is 1. The monoisotopic (exact) mass is 256 g/mol. The Kier molecular flexibility index (Phi) is 3.86. The minimum absolute atomic E-state index is 0.497. The van der Waals surface area contributed by atoms with Crippen molar-refractivity contribution in [2.75, 3.05) is 0 Å². The molecule has 0 aliphatic rings. The zero-order valence-corrected chi connectivity index (χ0v) is 11.9. The average molecular weight is 256 g/mol. The highest BCUT2D eigenvalue weighted by Gasteiger charge is 2.08. The Morgan fingerprint density at radius 1 is 1.05 bits per heavy atom. The first-order chi connectivity index (χ1) is 9.01. The number of hydrogen-bond donors (Lipinski definition) is 1. The summed E-state index contributed by atoms with van der Waals surface area (Å²) < 4.78 is 5.95. The second-order valence-electron chi connectivity index (χ2n) is 4.98. The fraction of sp³-hybridized carbons (Fsp3) is 0.312. The van der Waals surface area contributed by atoms with E-state index in [1.54, 1.807) is 6.20 Å². The summed E-state index contributed by atoms with van der Waals surface area (Å²) in [7, 11) is 0. The topological polar surface area (TPSA) is 48.1 Å². The van der Waals surface area contributed by atoms with Gasteiger partial charge in [-0.05, 0) is 62.1 Å². The molecule has 0 saturated heterocycles. The Bertz CT molecular complexity index is 606. The normalized spacial score (nSPS) is 10.6. The number of nitrogens with zero attached hydrogens (tertiary/aromatic N) is 1. The molecule has 2 aromatic rings. The molecule has 1 aromatic carbocycles. The maximum atomic E-state index is 5.95. The number of benzene rings is 1. The van der Waals surface area contributed by atoms with Crippen LogP contribution in [0.25, 0.3) is 0 Å². The standard InChI is InChI=1S/C16H20N2O/c1-10-5-11(2)13(4)15(6-10)19-16-12(3)7-14(8-17)9-18-16/h5-7,9H,8,17H2,1-4H3. The summed E-state index contributed by atoms with van der Waals surface area (Å²) in [6, 6.07) is 6.21. The number of pyridine rings is 1. The van der Waals surface area contributed by atoms with Crippen molar-refractivity contribution in [1.82, 2.24) is 4.98 Å². The van der Waals surface area contributed by atoms with E-state index >= 15 is 0 Å². The highest BCUT2D eigenvalue weighted by atomic mass is 16.5. The van der Waals surface area contributed by atoms with Gasteiger partial charge in [-0.25, -0.2) is 4.98 Å². The number of hydrogen-bond acceptors (Lipinski definition) is 3. The predicted octanol–water partition coefficient (Wildman–Crippen LogP) is 3.57. The molecule has 3 nitrogen and oxygen atoms in total. The molecule has 0 spiro atoms. The summed E-state index contributed by atoms with van der Waals surface area (Å²) in [5.41, 5.74) is 11.2. The summed E-state index contributed by atoms with van der Waals surface area (Å²) >= 11 is 0. The third-order valence-corrected chi connectivity index (χ3v) is 3.29. The summed E-state index contributed by atoms with van der Waals surface area (Å²) in [6.07, 6.45) is 1.76. The summed E-state index contributed by atoms with van der Waals surface area (Å²) in [4.78, 5) is 4.34. The van der Waals surface area contributed by atoms with Crippen LogP contribution in [-0.2, 0) is 6.54 Å². The second kappa shape index (κ2) is 5.41. The van der Waals surface area contributed by atoms with Gasteiger partial charge in [0.25, 0.3) is 0 Å². The van der Waals surface area contributed by atoms with Gasteiger partial charge in [-0.2, -0.15) is 0 Å². The summed E-state index contributed by atoms with van der Waals surface area (Å²) in [5, 5.41) is 0. The molecule has 0 atom stereocenters. The van der Waals surface area contributed by atoms with Gasteiger partial charge in [-0.1, -0.05) is 6.07 Å². The number of nitrogens with two attached hydrogens (primary N) is 1. The quantitative estimate of drug-likeness (QED) is 0.913. The molecule has 1 heterocycles. The van der Waals surface area contributed by atoms with Gasteiger partial charge in [-0.3, -0.25) is 0 Å². The molecular formula is C16H20N2O. The van der Waals surface area contributed by atoms with E-state index in [0.717, 1.165) is 22.4 Å². The van der Waals surface area contributed by atoms with Crippen LogP contribution in [0, 0.1) is 27.7 Å². The van der Waals surface area contributed by atoms with E-state index < -0.39 is 0 Å². The van der Waals surface area contributed by atoms with Crippen molar-refractivity contribution in [2.24, 2.45) is 5.73 Å². The van der Waals surface area contributed by atoms with Crippen LogP contribution in [0.15, 0.2) is 24.4 Å². The van der Waals surface area contributed by atoms with Gasteiger partial charge in [0.2, 0.25) is 5.88 Å². The molecule has 1 aromatic heterocycles. The van der Waals surface area contributed by atoms with Crippen molar-refractivity contribution in [1.29, 1.82) is 0 Å². The van der Waals surface area contributed by atoms with E-state index in [4.69, 9.17) is 10.5 Å². The first-order valence-corrected chi connectivity index (χ1v) is 6.42. The van der Waals surface area contributed by atoms with Crippen LogP contribution in [-0.4, -0.2) is 4.98 Å². The highest BCUT2D eigenvalue weighted by Crippen LogP contribution is 2.29. The number of aryl methyl sites for hydroxylation is 3. The van der Waals surface area contributed by atoms with Gasteiger partial charge in [0.05, 0.1) is 0 Å². The van der Waals surface area contributed by atoms with Crippen LogP contribution < -0.4 is 10.5 Å². The van der Waals surface area contributed by atoms with Crippen molar-refractivity contribution in [3.63, 3.8) is 0 Å². The van der Waals surface area contributed by atoms with Crippen molar-refractivity contribution < 1.29 is 4.74 Å². The molecule has 0 bridgehead atoms. The first-order valence-electron chi connectivity index (χ1n) is 6.42. The second-order valence-corrected chi connectivity index (χ2v) is 4.98. The van der Waals surface area contributed by atoms with Crippen LogP contribution in [0.5, 0.6) is 11.6 Å². The maximum absolute atomic E-state index is 5.95. The van der Waals surface area contributed by atoms with Crippen LogP contribution in [0.3, 0.4) is 0 Å². The average Bonchev–Trinajstić information content (AvgIpc) is 2.37. The van der Waals surface area contributed by atoms with Gasteiger partial charge in [-0.15, -0.1) is 0 Å². The van der Waals surface area contributed by atoms with Crippen LogP contribution in [0.2, 0.25) is 0 Å². The van der Waals surface area contributed by atoms with E-state index in [1.807, 2.05) is 19.1 Å². The highest BCUT2D eigenvalue weighted by molar-refractivity contribution is 5.44. The molecule has 0 amide bonds. The molecule has 3 heteroatoms. The first kappa shape index (κ1) is 13.6. The molecule has 0 unspecified atom stereocenters. The molecule has 0 radical (unpaired) electrons. The number of rotatable bonds is 3. The third-order valence-electron chi connectivity index (χ3n) is 3.29. The van der Waals surface area contributed by atoms with Gasteiger partial charge < -0.3 is 10.5 Å². The van der Waals surface area contributed by atoms with Crippen molar-refractivity contribution >= 4 is 0 Å². The zero-order valence-electron chi connectivity index (χ0n) is 11.9. The fourth-order valence-corrected chi connectivity index (χ4v) is 2.05. The SMILES string of the molecule is Cc1cc(C)c(C)c(Oc2ncc(CN)cc2C)c1. The van der Waals surface area contributed by atoms with Crippen molar-refractivity contribution in [3.05, 3.63) is 52.2 Å². The summed E-state index contributed by atoms with van der Waals surface area (Å²) in [5.74, 6) is 1.51. The molecule has 0 aliphatic heterocycles. The van der Waals surface area contributed by atoms with Gasteiger partial charge in [0, 0.05) is 18.3 Å². The molecule has 100 valence electrons. The molecular weight excluding hydrogens is 236 g/mol. The van der Waals surface area contributed by atoms with Crippen LogP contribution in [0.4, 0.5) is 0 Å². The minimum Gasteiger partial charge on any atom is -0.438 e. The lowest BCUT2D eigenvalue weighted by atomic mass is 10.1. The molecule has 0 aliphatic carbocycles. The van der Waals surface area contributed by atoms with Crippen LogP contribution in [0.1, 0.15) is 27.8 Å². The Labute approximate surface area is 114 Å². The third kappa shape index (κ3) is 2.93. The Morgan fingerprint density at radius 2 is 1.79 bits per heavy atom. The van der Waals surface area contributed by atoms with E-state index in [2.05, 4.69) is 31.8 Å². The van der Waals surface area contributed by atoms with E-state index in [-0.39, 0.29) is 0 Å². The van der Waals surface area contributed by atoms with Gasteiger partial charge >= 0.3 is 0 Å². The van der Waals surface area contributed by atoms with E-state index in [0.29, 0.717) is 12.4 Å². The Morgan fingerprint density at radius 3 is 2.42 bits per heavy atom. The Balaban J connectivity index is 2.36. The molecule has 2 N–H and O–H groups in total. The Hall–Kier alpha value is -1.87. The van der Waals surface area contributed by atoms with E-state index in [9.17, 15) is 0 Å². The minimum atomic E-state index is 0.497. The van der Waals surface area contributed by atoms with Crippen molar-refractivity contribution in [3.8, 4) is 11.6 Å². The summed E-state index contributed by atoms with van der Waals surface area (Å²) in [6.45, 7) is 8.70. The maximum Gasteiger partial charge on any atom is 0.222 e. The van der Waals surface area contributed by atoms with Crippen molar-refractivity contribution in [2.45, 2.75) is 34.2 Å². The zero-order chi connectivity index (χ0) is 14.0. The predicted molar refractivity (Wildman–Crippen MR) is 77.6 cm³/mol. The molecule has 2 rings (SSSR count). The van der Waals surface area contributed by atoms with Crippen LogP contribution >= 0.6 is 0 Å². The lowest BCUT2D eigenvalue weighted by Gasteiger charge is -2.13. The fourth-order valence-electron chi connectivity index (χ4n) is 2.05. The lowest BCUT2D eigenvalue weighted by Crippen LogP contribution is -2.00. The number of ether oxygens (including phenoxy) is 1. The van der Waals surface area contributed by atoms with Gasteiger partial charge in [0.15, 0.2) is 0 Å². The molecule has 19 heavy (non-hydrogen) atoms. The molecule has 0 fully saturated rings. The van der Waals surface area contributed by atoms with E-state index in [1.165, 1.54) is 11.1 Å². The smallest absolute Gasteiger partial charge is 0.222 e. The van der Waals surface area contributed by atoms with Gasteiger partial charge in [0.1, 0.15) is 5.75 Å². The lowest BCUT2D eigenvalue weighted by molar-refractivity contribution is 0.454. The molecule has 0 saturated carbocycles.